The predicted octanol–water partition coefficient (Wildman–Crippen LogP) is 3.21. The smallest absolute Gasteiger partial charge is 0.196 e. The van der Waals surface area contributed by atoms with Gasteiger partial charge in [-0.05, 0) is 38.1 Å². The molecule has 1 heterocycles. The van der Waals surface area contributed by atoms with Crippen molar-refractivity contribution in [3.63, 3.8) is 0 Å². The van der Waals surface area contributed by atoms with Gasteiger partial charge in [-0.3, -0.25) is 9.78 Å². The van der Waals surface area contributed by atoms with Crippen LogP contribution < -0.4 is 0 Å². The summed E-state index contributed by atoms with van der Waals surface area (Å²) in [6.45, 7) is 3.48. The first-order chi connectivity index (χ1) is 8.49. The van der Waals surface area contributed by atoms with Gasteiger partial charge in [0.1, 0.15) is 0 Å². The fraction of sp³-hybridized carbons (Fsp3) is 0.143. The Hall–Kier alpha value is -2.10. The first-order valence-corrected chi connectivity index (χ1v) is 5.43. The van der Waals surface area contributed by atoms with Crippen LogP contribution in [0.5, 0.6) is 0 Å². The Morgan fingerprint density at radius 1 is 1.11 bits per heavy atom. The lowest BCUT2D eigenvalue weighted by molar-refractivity contribution is 0.103. The summed E-state index contributed by atoms with van der Waals surface area (Å²) in [7, 11) is 0. The number of rotatable bonds is 2. The van der Waals surface area contributed by atoms with Crippen LogP contribution in [0, 0.1) is 25.5 Å². The minimum atomic E-state index is -1.12. The number of nitrogens with zero attached hydrogens (tertiary/aromatic N) is 1. The molecule has 0 saturated heterocycles. The Balaban J connectivity index is 2.51. The fourth-order valence-electron chi connectivity index (χ4n) is 1.80. The normalized spacial score (nSPS) is 10.4. The average Bonchev–Trinajstić information content (AvgIpc) is 2.30. The number of carbonyl (C=O) groups is 1. The van der Waals surface area contributed by atoms with E-state index in [9.17, 15) is 13.6 Å². The Bertz CT molecular complexity index is 603. The molecule has 1 aromatic heterocycles. The molecule has 18 heavy (non-hydrogen) atoms. The lowest BCUT2D eigenvalue weighted by atomic mass is 10.0. The van der Waals surface area contributed by atoms with E-state index in [0.29, 0.717) is 17.0 Å². The molecule has 0 unspecified atom stereocenters. The SMILES string of the molecule is Cc1cc(C(=O)c2cccc(F)c2F)cc(C)n1. The quantitative estimate of drug-likeness (QED) is 0.763. The van der Waals surface area contributed by atoms with Crippen molar-refractivity contribution in [2.45, 2.75) is 13.8 Å². The highest BCUT2D eigenvalue weighted by Gasteiger charge is 2.17. The number of pyridine rings is 1. The van der Waals surface area contributed by atoms with Crippen molar-refractivity contribution in [1.29, 1.82) is 0 Å². The van der Waals surface area contributed by atoms with E-state index in [-0.39, 0.29) is 5.56 Å². The van der Waals surface area contributed by atoms with Crippen LogP contribution in [-0.4, -0.2) is 10.8 Å². The van der Waals surface area contributed by atoms with Crippen molar-refractivity contribution in [2.75, 3.05) is 0 Å². The van der Waals surface area contributed by atoms with Gasteiger partial charge in [0.25, 0.3) is 0 Å². The molecule has 0 bridgehead atoms. The van der Waals surface area contributed by atoms with Gasteiger partial charge in [-0.25, -0.2) is 8.78 Å². The molecular formula is C14H11F2NO. The molecule has 0 aliphatic rings. The summed E-state index contributed by atoms with van der Waals surface area (Å²) in [4.78, 5) is 16.2. The van der Waals surface area contributed by atoms with Crippen LogP contribution in [0.1, 0.15) is 27.3 Å². The van der Waals surface area contributed by atoms with Gasteiger partial charge in [0.15, 0.2) is 17.4 Å². The van der Waals surface area contributed by atoms with Crippen molar-refractivity contribution in [3.05, 3.63) is 64.5 Å². The number of ketones is 1. The third-order valence-electron chi connectivity index (χ3n) is 2.54. The number of halogens is 2. The summed E-state index contributed by atoms with van der Waals surface area (Å²) in [5.74, 6) is -2.68. The van der Waals surface area contributed by atoms with Crippen LogP contribution in [0.2, 0.25) is 0 Å². The second kappa shape index (κ2) is 4.64. The monoisotopic (exact) mass is 247 g/mol. The molecule has 0 atom stereocenters. The molecule has 2 nitrogen and oxygen atoms in total. The maximum Gasteiger partial charge on any atom is 0.196 e. The summed E-state index contributed by atoms with van der Waals surface area (Å²) in [6, 6.07) is 6.67. The summed E-state index contributed by atoms with van der Waals surface area (Å²) < 4.78 is 26.6. The molecule has 1 aromatic carbocycles. The van der Waals surface area contributed by atoms with Crippen molar-refractivity contribution >= 4 is 5.78 Å². The van der Waals surface area contributed by atoms with E-state index in [4.69, 9.17) is 0 Å². The molecule has 0 radical (unpaired) electrons. The molecule has 0 saturated carbocycles. The third-order valence-corrected chi connectivity index (χ3v) is 2.54. The highest BCUT2D eigenvalue weighted by molar-refractivity contribution is 6.09. The maximum absolute atomic E-state index is 13.5. The van der Waals surface area contributed by atoms with Gasteiger partial charge in [0.05, 0.1) is 5.56 Å². The summed E-state index contributed by atoms with van der Waals surface area (Å²) in [5.41, 5.74) is 1.37. The molecule has 0 aliphatic carbocycles. The summed E-state index contributed by atoms with van der Waals surface area (Å²) in [6.07, 6.45) is 0. The Morgan fingerprint density at radius 3 is 2.33 bits per heavy atom. The average molecular weight is 247 g/mol. The van der Waals surface area contributed by atoms with Crippen LogP contribution in [-0.2, 0) is 0 Å². The number of benzene rings is 1. The molecule has 0 N–H and O–H groups in total. The molecule has 0 fully saturated rings. The minimum absolute atomic E-state index is 0.264. The third kappa shape index (κ3) is 2.27. The van der Waals surface area contributed by atoms with E-state index in [1.165, 1.54) is 12.1 Å². The lowest BCUT2D eigenvalue weighted by Gasteiger charge is -2.05. The standard InChI is InChI=1S/C14H11F2NO/c1-8-6-10(7-9(2)17-8)14(18)11-4-3-5-12(15)13(11)16/h3-7H,1-2H3. The molecule has 0 spiro atoms. The highest BCUT2D eigenvalue weighted by Crippen LogP contribution is 2.17. The van der Waals surface area contributed by atoms with E-state index in [2.05, 4.69) is 4.98 Å². The first kappa shape index (κ1) is 12.4. The second-order valence-corrected chi connectivity index (χ2v) is 4.07. The van der Waals surface area contributed by atoms with Gasteiger partial charge in [-0.1, -0.05) is 6.07 Å². The zero-order chi connectivity index (χ0) is 13.3. The fourth-order valence-corrected chi connectivity index (χ4v) is 1.80. The topological polar surface area (TPSA) is 30.0 Å². The number of hydrogen-bond acceptors (Lipinski definition) is 2. The number of carbonyl (C=O) groups excluding carboxylic acids is 1. The van der Waals surface area contributed by atoms with Crippen molar-refractivity contribution in [3.8, 4) is 0 Å². The molecule has 0 aliphatic heterocycles. The molecule has 0 amide bonds. The van der Waals surface area contributed by atoms with Crippen molar-refractivity contribution in [2.24, 2.45) is 0 Å². The van der Waals surface area contributed by atoms with E-state index in [1.54, 1.807) is 26.0 Å². The van der Waals surface area contributed by atoms with E-state index >= 15 is 0 Å². The predicted molar refractivity (Wildman–Crippen MR) is 63.5 cm³/mol. The number of hydrogen-bond donors (Lipinski definition) is 0. The first-order valence-electron chi connectivity index (χ1n) is 5.43. The van der Waals surface area contributed by atoms with Crippen LogP contribution in [0.25, 0.3) is 0 Å². The zero-order valence-corrected chi connectivity index (χ0v) is 10.00. The summed E-state index contributed by atoms with van der Waals surface area (Å²) in [5, 5.41) is 0. The van der Waals surface area contributed by atoms with Crippen LogP contribution >= 0.6 is 0 Å². The Kier molecular flexibility index (Phi) is 3.19. The van der Waals surface area contributed by atoms with Gasteiger partial charge in [0.2, 0.25) is 0 Å². The second-order valence-electron chi connectivity index (χ2n) is 4.07. The Labute approximate surface area is 103 Å². The van der Waals surface area contributed by atoms with Crippen LogP contribution in [0.3, 0.4) is 0 Å². The number of aromatic nitrogens is 1. The van der Waals surface area contributed by atoms with Gasteiger partial charge < -0.3 is 0 Å². The van der Waals surface area contributed by atoms with Crippen LogP contribution in [0.4, 0.5) is 8.78 Å². The van der Waals surface area contributed by atoms with Crippen molar-refractivity contribution in [1.82, 2.24) is 4.98 Å². The van der Waals surface area contributed by atoms with Gasteiger partial charge in [-0.15, -0.1) is 0 Å². The largest absolute Gasteiger partial charge is 0.288 e. The minimum Gasteiger partial charge on any atom is -0.288 e. The van der Waals surface area contributed by atoms with E-state index in [0.717, 1.165) is 6.07 Å². The molecular weight excluding hydrogens is 236 g/mol. The molecule has 4 heteroatoms. The molecule has 2 rings (SSSR count). The maximum atomic E-state index is 13.5. The zero-order valence-electron chi connectivity index (χ0n) is 10.00. The van der Waals surface area contributed by atoms with Gasteiger partial charge >= 0.3 is 0 Å². The van der Waals surface area contributed by atoms with Crippen LogP contribution in [0.15, 0.2) is 30.3 Å². The highest BCUT2D eigenvalue weighted by atomic mass is 19.2. The van der Waals surface area contributed by atoms with E-state index in [1.807, 2.05) is 0 Å². The summed E-state index contributed by atoms with van der Waals surface area (Å²) >= 11 is 0. The molecule has 2 aromatic rings. The van der Waals surface area contributed by atoms with Crippen molar-refractivity contribution < 1.29 is 13.6 Å². The van der Waals surface area contributed by atoms with Gasteiger partial charge in [-0.2, -0.15) is 0 Å². The van der Waals surface area contributed by atoms with E-state index < -0.39 is 17.4 Å². The number of aryl methyl sites for hydroxylation is 2. The Morgan fingerprint density at radius 2 is 1.72 bits per heavy atom. The van der Waals surface area contributed by atoms with Gasteiger partial charge in [0, 0.05) is 17.0 Å². The lowest BCUT2D eigenvalue weighted by Crippen LogP contribution is -2.07. The molecule has 92 valence electrons.